The smallest absolute Gasteiger partial charge is 0.281 e. The minimum atomic E-state index is -0.177. The van der Waals surface area contributed by atoms with Crippen LogP contribution in [0.3, 0.4) is 0 Å². The van der Waals surface area contributed by atoms with Gasteiger partial charge in [-0.05, 0) is 18.1 Å². The van der Waals surface area contributed by atoms with E-state index in [2.05, 4.69) is 10.1 Å². The Balaban J connectivity index is 1.64. The summed E-state index contributed by atoms with van der Waals surface area (Å²) in [6, 6.07) is 15.2. The molecule has 2 aromatic heterocycles. The third kappa shape index (κ3) is 2.07. The Morgan fingerprint density at radius 2 is 2.00 bits per heavy atom. The highest BCUT2D eigenvalue weighted by molar-refractivity contribution is 6.05. The number of benzene rings is 1. The molecule has 5 heteroatoms. The molecule has 0 spiro atoms. The highest BCUT2D eigenvalue weighted by Crippen LogP contribution is 2.27. The Morgan fingerprint density at radius 1 is 1.14 bits per heavy atom. The Bertz CT molecular complexity index is 827. The van der Waals surface area contributed by atoms with Gasteiger partial charge in [0.2, 0.25) is 0 Å². The Morgan fingerprint density at radius 3 is 2.86 bits per heavy atom. The maximum Gasteiger partial charge on any atom is 0.281 e. The maximum atomic E-state index is 12.6. The average molecular weight is 291 g/mol. The zero-order valence-corrected chi connectivity index (χ0v) is 11.8. The summed E-state index contributed by atoms with van der Waals surface area (Å²) < 4.78 is 5.30. The van der Waals surface area contributed by atoms with Crippen LogP contribution in [0.2, 0.25) is 0 Å². The van der Waals surface area contributed by atoms with E-state index in [4.69, 9.17) is 4.52 Å². The SMILES string of the molecule is O=C(c1cc(-c2ccccc2)on1)N1CCc2cccnc21. The minimum Gasteiger partial charge on any atom is -0.355 e. The van der Waals surface area contributed by atoms with Crippen molar-refractivity contribution in [2.24, 2.45) is 0 Å². The van der Waals surface area contributed by atoms with E-state index in [1.807, 2.05) is 42.5 Å². The van der Waals surface area contributed by atoms with Crippen LogP contribution in [0.25, 0.3) is 11.3 Å². The molecule has 0 aliphatic carbocycles. The van der Waals surface area contributed by atoms with Gasteiger partial charge in [0.25, 0.3) is 5.91 Å². The van der Waals surface area contributed by atoms with Crippen molar-refractivity contribution in [1.82, 2.24) is 10.1 Å². The van der Waals surface area contributed by atoms with Crippen molar-refractivity contribution in [3.05, 3.63) is 66.0 Å². The van der Waals surface area contributed by atoms with Gasteiger partial charge >= 0.3 is 0 Å². The number of pyridine rings is 1. The van der Waals surface area contributed by atoms with Crippen molar-refractivity contribution in [2.75, 3.05) is 11.4 Å². The van der Waals surface area contributed by atoms with Gasteiger partial charge in [-0.15, -0.1) is 0 Å². The maximum absolute atomic E-state index is 12.6. The molecule has 22 heavy (non-hydrogen) atoms. The zero-order valence-electron chi connectivity index (χ0n) is 11.8. The molecule has 5 nitrogen and oxygen atoms in total. The number of carbonyl (C=O) groups is 1. The van der Waals surface area contributed by atoms with E-state index in [0.29, 0.717) is 18.0 Å². The van der Waals surface area contributed by atoms with Crippen LogP contribution >= 0.6 is 0 Å². The number of nitrogens with zero attached hydrogens (tertiary/aromatic N) is 3. The highest BCUT2D eigenvalue weighted by atomic mass is 16.5. The lowest BCUT2D eigenvalue weighted by Crippen LogP contribution is -2.29. The van der Waals surface area contributed by atoms with Gasteiger partial charge in [0, 0.05) is 24.4 Å². The van der Waals surface area contributed by atoms with Gasteiger partial charge in [-0.25, -0.2) is 4.98 Å². The van der Waals surface area contributed by atoms with Crippen molar-refractivity contribution in [1.29, 1.82) is 0 Å². The summed E-state index contributed by atoms with van der Waals surface area (Å²) in [5.74, 6) is 1.13. The fourth-order valence-corrected chi connectivity index (χ4v) is 2.66. The average Bonchev–Trinajstić information content (AvgIpc) is 3.22. The highest BCUT2D eigenvalue weighted by Gasteiger charge is 2.28. The van der Waals surface area contributed by atoms with Gasteiger partial charge in [-0.3, -0.25) is 9.69 Å². The molecule has 0 saturated carbocycles. The van der Waals surface area contributed by atoms with E-state index >= 15 is 0 Å². The Labute approximate surface area is 127 Å². The number of aromatic nitrogens is 2. The summed E-state index contributed by atoms with van der Waals surface area (Å²) in [5.41, 5.74) is 2.29. The standard InChI is InChI=1S/C17H13N3O2/c21-17(20-10-8-13-7-4-9-18-16(13)20)14-11-15(22-19-14)12-5-2-1-3-6-12/h1-7,9,11H,8,10H2. The molecule has 4 rings (SSSR count). The third-order valence-electron chi connectivity index (χ3n) is 3.76. The number of hydrogen-bond donors (Lipinski definition) is 0. The molecule has 0 radical (unpaired) electrons. The van der Waals surface area contributed by atoms with Crippen LogP contribution in [0, 0.1) is 0 Å². The van der Waals surface area contributed by atoms with Crippen LogP contribution in [0.4, 0.5) is 5.82 Å². The van der Waals surface area contributed by atoms with Crippen molar-refractivity contribution >= 4 is 11.7 Å². The fourth-order valence-electron chi connectivity index (χ4n) is 2.66. The predicted octanol–water partition coefficient (Wildman–Crippen LogP) is 2.94. The molecule has 3 heterocycles. The lowest BCUT2D eigenvalue weighted by atomic mass is 10.1. The van der Waals surface area contributed by atoms with Crippen molar-refractivity contribution < 1.29 is 9.32 Å². The summed E-state index contributed by atoms with van der Waals surface area (Å²) >= 11 is 0. The second-order valence-corrected chi connectivity index (χ2v) is 5.14. The molecule has 108 valence electrons. The molecule has 0 saturated heterocycles. The zero-order chi connectivity index (χ0) is 14.9. The molecular formula is C17H13N3O2. The Kier molecular flexibility index (Phi) is 2.96. The second-order valence-electron chi connectivity index (χ2n) is 5.14. The van der Waals surface area contributed by atoms with E-state index in [0.717, 1.165) is 23.4 Å². The first-order valence-corrected chi connectivity index (χ1v) is 7.11. The molecule has 0 atom stereocenters. The number of rotatable bonds is 2. The quantitative estimate of drug-likeness (QED) is 0.728. The van der Waals surface area contributed by atoms with Crippen LogP contribution < -0.4 is 4.90 Å². The van der Waals surface area contributed by atoms with E-state index in [1.165, 1.54) is 0 Å². The molecule has 1 aromatic carbocycles. The molecule has 1 aliphatic rings. The molecule has 0 N–H and O–H groups in total. The largest absolute Gasteiger partial charge is 0.355 e. The lowest BCUT2D eigenvalue weighted by molar-refractivity contribution is 0.0980. The molecule has 1 amide bonds. The first kappa shape index (κ1) is 12.8. The minimum absolute atomic E-state index is 0.177. The van der Waals surface area contributed by atoms with Gasteiger partial charge < -0.3 is 4.52 Å². The number of hydrogen-bond acceptors (Lipinski definition) is 4. The van der Waals surface area contributed by atoms with Gasteiger partial charge in [-0.2, -0.15) is 0 Å². The van der Waals surface area contributed by atoms with E-state index in [9.17, 15) is 4.79 Å². The van der Waals surface area contributed by atoms with Gasteiger partial charge in [0.1, 0.15) is 5.82 Å². The van der Waals surface area contributed by atoms with E-state index < -0.39 is 0 Å². The number of carbonyl (C=O) groups excluding carboxylic acids is 1. The number of anilines is 1. The van der Waals surface area contributed by atoms with Crippen LogP contribution in [0.5, 0.6) is 0 Å². The van der Waals surface area contributed by atoms with Crippen LogP contribution in [0.1, 0.15) is 16.1 Å². The van der Waals surface area contributed by atoms with Crippen LogP contribution in [-0.4, -0.2) is 22.6 Å². The lowest BCUT2D eigenvalue weighted by Gasteiger charge is -2.13. The van der Waals surface area contributed by atoms with Crippen LogP contribution in [0.15, 0.2) is 59.3 Å². The molecule has 0 unspecified atom stereocenters. The van der Waals surface area contributed by atoms with Gasteiger partial charge in [0.15, 0.2) is 11.5 Å². The molecular weight excluding hydrogens is 278 g/mol. The van der Waals surface area contributed by atoms with Crippen molar-refractivity contribution in [3.63, 3.8) is 0 Å². The van der Waals surface area contributed by atoms with Crippen LogP contribution in [-0.2, 0) is 6.42 Å². The van der Waals surface area contributed by atoms with E-state index in [1.54, 1.807) is 17.2 Å². The number of amides is 1. The predicted molar refractivity (Wildman–Crippen MR) is 81.6 cm³/mol. The summed E-state index contributed by atoms with van der Waals surface area (Å²) in [5, 5.41) is 3.92. The van der Waals surface area contributed by atoms with Gasteiger partial charge in [0.05, 0.1) is 0 Å². The summed E-state index contributed by atoms with van der Waals surface area (Å²) in [4.78, 5) is 18.6. The van der Waals surface area contributed by atoms with Gasteiger partial charge in [-0.1, -0.05) is 41.6 Å². The summed E-state index contributed by atoms with van der Waals surface area (Å²) in [6.07, 6.45) is 2.51. The summed E-state index contributed by atoms with van der Waals surface area (Å²) in [6.45, 7) is 0.624. The molecule has 1 aliphatic heterocycles. The van der Waals surface area contributed by atoms with Crippen molar-refractivity contribution in [3.8, 4) is 11.3 Å². The summed E-state index contributed by atoms with van der Waals surface area (Å²) in [7, 11) is 0. The van der Waals surface area contributed by atoms with E-state index in [-0.39, 0.29) is 5.91 Å². The monoisotopic (exact) mass is 291 g/mol. The molecule has 0 bridgehead atoms. The first-order chi connectivity index (χ1) is 10.8. The fraction of sp³-hybridized carbons (Fsp3) is 0.118. The third-order valence-corrected chi connectivity index (χ3v) is 3.76. The Hall–Kier alpha value is -2.95. The second kappa shape index (κ2) is 5.11. The topological polar surface area (TPSA) is 59.2 Å². The number of fused-ring (bicyclic) bond motifs is 1. The molecule has 0 fully saturated rings. The van der Waals surface area contributed by atoms with Crippen molar-refractivity contribution in [2.45, 2.75) is 6.42 Å². The molecule has 3 aromatic rings. The normalized spacial score (nSPS) is 13.2. The first-order valence-electron chi connectivity index (χ1n) is 7.11.